The second-order valence-electron chi connectivity index (χ2n) is 2.67. The number of nitrogens with two attached hydrogens (primary N) is 1. The molecule has 0 amide bonds. The third kappa shape index (κ3) is 2.48. The molecule has 1 atom stereocenters. The summed E-state index contributed by atoms with van der Waals surface area (Å²) >= 11 is 1.15. The molecule has 5 nitrogen and oxygen atoms in total. The lowest BCUT2D eigenvalue weighted by atomic mass is 10.1. The van der Waals surface area contributed by atoms with Gasteiger partial charge in [-0.1, -0.05) is 18.3 Å². The van der Waals surface area contributed by atoms with Gasteiger partial charge < -0.3 is 4.84 Å². The van der Waals surface area contributed by atoms with Gasteiger partial charge >= 0.3 is 5.00 Å². The number of rotatable bonds is 4. The predicted molar refractivity (Wildman–Crippen MR) is 49.5 cm³/mol. The van der Waals surface area contributed by atoms with E-state index in [0.717, 1.165) is 16.2 Å². The van der Waals surface area contributed by atoms with Crippen LogP contribution in [0.5, 0.6) is 0 Å². The molecule has 0 fully saturated rings. The van der Waals surface area contributed by atoms with E-state index in [9.17, 15) is 10.1 Å². The van der Waals surface area contributed by atoms with E-state index in [-0.39, 0.29) is 10.9 Å². The Morgan fingerprint density at radius 1 is 1.77 bits per heavy atom. The van der Waals surface area contributed by atoms with Crippen LogP contribution in [-0.2, 0) is 4.84 Å². The van der Waals surface area contributed by atoms with E-state index in [0.29, 0.717) is 6.61 Å². The first-order valence-corrected chi connectivity index (χ1v) is 4.52. The van der Waals surface area contributed by atoms with Gasteiger partial charge in [-0.15, -0.1) is 0 Å². The van der Waals surface area contributed by atoms with Crippen molar-refractivity contribution in [2.24, 2.45) is 5.90 Å². The summed E-state index contributed by atoms with van der Waals surface area (Å²) < 4.78 is 0. The predicted octanol–water partition coefficient (Wildman–Crippen LogP) is 1.65. The average Bonchev–Trinajstić information content (AvgIpc) is 2.52. The van der Waals surface area contributed by atoms with Gasteiger partial charge in [-0.2, -0.15) is 0 Å². The fraction of sp³-hybridized carbons (Fsp3) is 0.429. The lowest BCUT2D eigenvalue weighted by molar-refractivity contribution is -0.380. The van der Waals surface area contributed by atoms with Crippen molar-refractivity contribution in [1.82, 2.24) is 0 Å². The third-order valence-electron chi connectivity index (χ3n) is 1.62. The quantitative estimate of drug-likeness (QED) is 0.594. The molecule has 0 aliphatic carbocycles. The highest BCUT2D eigenvalue weighted by molar-refractivity contribution is 7.15. The first-order chi connectivity index (χ1) is 6.15. The fourth-order valence-electron chi connectivity index (χ4n) is 0.932. The van der Waals surface area contributed by atoms with Gasteiger partial charge in [0, 0.05) is 16.9 Å². The van der Waals surface area contributed by atoms with Gasteiger partial charge in [0.25, 0.3) is 0 Å². The number of nitrogens with zero attached hydrogens (tertiary/aromatic N) is 1. The van der Waals surface area contributed by atoms with Gasteiger partial charge in [-0.25, -0.2) is 5.90 Å². The molecular weight excluding hydrogens is 192 g/mol. The van der Waals surface area contributed by atoms with Gasteiger partial charge in [0.1, 0.15) is 0 Å². The van der Waals surface area contributed by atoms with E-state index in [1.807, 2.05) is 6.92 Å². The minimum atomic E-state index is -0.399. The van der Waals surface area contributed by atoms with Crippen LogP contribution in [0.2, 0.25) is 0 Å². The zero-order chi connectivity index (χ0) is 9.84. The first kappa shape index (κ1) is 10.1. The molecule has 0 bridgehead atoms. The highest BCUT2D eigenvalue weighted by Crippen LogP contribution is 2.29. The topological polar surface area (TPSA) is 78.4 Å². The van der Waals surface area contributed by atoms with Crippen molar-refractivity contribution in [3.05, 3.63) is 27.1 Å². The Balaban J connectivity index is 2.73. The van der Waals surface area contributed by atoms with Crippen molar-refractivity contribution >= 4 is 16.3 Å². The summed E-state index contributed by atoms with van der Waals surface area (Å²) in [6.07, 6.45) is 0. The van der Waals surface area contributed by atoms with Crippen molar-refractivity contribution in [2.45, 2.75) is 12.8 Å². The lowest BCUT2D eigenvalue weighted by Crippen LogP contribution is -2.07. The zero-order valence-electron chi connectivity index (χ0n) is 7.10. The third-order valence-corrected chi connectivity index (χ3v) is 2.89. The maximum atomic E-state index is 10.4. The largest absolute Gasteiger partial charge is 0.324 e. The van der Waals surface area contributed by atoms with E-state index in [2.05, 4.69) is 4.84 Å². The van der Waals surface area contributed by atoms with Crippen LogP contribution in [0.3, 0.4) is 0 Å². The van der Waals surface area contributed by atoms with Crippen molar-refractivity contribution in [3.63, 3.8) is 0 Å². The van der Waals surface area contributed by atoms with E-state index >= 15 is 0 Å². The van der Waals surface area contributed by atoms with Gasteiger partial charge in [0.15, 0.2) is 0 Å². The average molecular weight is 202 g/mol. The molecule has 72 valence electrons. The number of hydrogen-bond acceptors (Lipinski definition) is 5. The molecule has 13 heavy (non-hydrogen) atoms. The van der Waals surface area contributed by atoms with E-state index < -0.39 is 4.92 Å². The molecule has 1 heterocycles. The number of nitro groups is 1. The number of hydrogen-bond donors (Lipinski definition) is 1. The molecule has 0 spiro atoms. The monoisotopic (exact) mass is 202 g/mol. The smallest absolute Gasteiger partial charge is 0.304 e. The van der Waals surface area contributed by atoms with Crippen molar-refractivity contribution in [1.29, 1.82) is 0 Å². The molecule has 0 saturated carbocycles. The molecule has 0 aliphatic rings. The van der Waals surface area contributed by atoms with Crippen LogP contribution in [0, 0.1) is 10.1 Å². The van der Waals surface area contributed by atoms with Crippen LogP contribution in [-0.4, -0.2) is 11.5 Å². The van der Waals surface area contributed by atoms with Gasteiger partial charge in [0.2, 0.25) is 0 Å². The second-order valence-corrected chi connectivity index (χ2v) is 3.76. The molecule has 0 radical (unpaired) electrons. The molecular formula is C7H10N2O3S. The SMILES string of the molecule is CC(CON)c1ccc([N+](=O)[O-])s1. The lowest BCUT2D eigenvalue weighted by Gasteiger charge is -2.04. The van der Waals surface area contributed by atoms with E-state index in [1.165, 1.54) is 6.07 Å². The molecule has 0 aliphatic heterocycles. The van der Waals surface area contributed by atoms with Crippen LogP contribution in [0.15, 0.2) is 12.1 Å². The van der Waals surface area contributed by atoms with Crippen molar-refractivity contribution in [3.8, 4) is 0 Å². The van der Waals surface area contributed by atoms with Crippen molar-refractivity contribution in [2.75, 3.05) is 6.61 Å². The fourth-order valence-corrected chi connectivity index (χ4v) is 1.79. The highest BCUT2D eigenvalue weighted by atomic mass is 32.1. The van der Waals surface area contributed by atoms with Crippen LogP contribution in [0.25, 0.3) is 0 Å². The Labute approximate surface area is 79.2 Å². The molecule has 0 aromatic carbocycles. The van der Waals surface area contributed by atoms with E-state index in [1.54, 1.807) is 6.07 Å². The summed E-state index contributed by atoms with van der Waals surface area (Å²) in [5, 5.41) is 10.5. The van der Waals surface area contributed by atoms with Gasteiger partial charge in [-0.3, -0.25) is 10.1 Å². The Kier molecular flexibility index (Phi) is 3.35. The standard InChI is InChI=1S/C7H10N2O3S/c1-5(4-12-8)6-2-3-7(13-6)9(10)11/h2-3,5H,4,8H2,1H3. The highest BCUT2D eigenvalue weighted by Gasteiger charge is 2.14. The van der Waals surface area contributed by atoms with Crippen molar-refractivity contribution < 1.29 is 9.76 Å². The molecule has 1 aromatic heterocycles. The summed E-state index contributed by atoms with van der Waals surface area (Å²) in [5.74, 6) is 5.00. The van der Waals surface area contributed by atoms with Crippen LogP contribution >= 0.6 is 11.3 Å². The molecule has 6 heteroatoms. The summed E-state index contributed by atoms with van der Waals surface area (Å²) in [7, 11) is 0. The Morgan fingerprint density at radius 3 is 2.92 bits per heavy atom. The normalized spacial score (nSPS) is 12.8. The Hall–Kier alpha value is -0.980. The minimum Gasteiger partial charge on any atom is -0.304 e. The summed E-state index contributed by atoms with van der Waals surface area (Å²) in [5.41, 5.74) is 0. The summed E-state index contributed by atoms with van der Waals surface area (Å²) in [6.45, 7) is 2.28. The van der Waals surface area contributed by atoms with Crippen LogP contribution in [0.4, 0.5) is 5.00 Å². The molecule has 1 aromatic rings. The maximum Gasteiger partial charge on any atom is 0.324 e. The molecule has 2 N–H and O–H groups in total. The Bertz CT molecular complexity index is 300. The molecule has 1 unspecified atom stereocenters. The van der Waals surface area contributed by atoms with Crippen LogP contribution in [0.1, 0.15) is 17.7 Å². The summed E-state index contributed by atoms with van der Waals surface area (Å²) in [4.78, 5) is 15.3. The molecule has 0 saturated heterocycles. The first-order valence-electron chi connectivity index (χ1n) is 3.71. The molecule has 1 rings (SSSR count). The maximum absolute atomic E-state index is 10.4. The number of thiophene rings is 1. The second kappa shape index (κ2) is 4.31. The zero-order valence-corrected chi connectivity index (χ0v) is 7.91. The Morgan fingerprint density at radius 2 is 2.46 bits per heavy atom. The van der Waals surface area contributed by atoms with Gasteiger partial charge in [0.05, 0.1) is 11.5 Å². The van der Waals surface area contributed by atoms with E-state index in [4.69, 9.17) is 5.90 Å². The van der Waals surface area contributed by atoms with Crippen LogP contribution < -0.4 is 5.90 Å². The minimum absolute atomic E-state index is 0.101. The summed E-state index contributed by atoms with van der Waals surface area (Å²) in [6, 6.07) is 3.22. The van der Waals surface area contributed by atoms with Gasteiger partial charge in [-0.05, 0) is 6.07 Å².